The first-order valence-electron chi connectivity index (χ1n) is 10.1. The van der Waals surface area contributed by atoms with Gasteiger partial charge in [0.05, 0.1) is 7.11 Å². The molecule has 33 heavy (non-hydrogen) atoms. The minimum absolute atomic E-state index is 0.0553. The fourth-order valence-electron chi connectivity index (χ4n) is 3.50. The summed E-state index contributed by atoms with van der Waals surface area (Å²) in [5.41, 5.74) is -1.42. The Morgan fingerprint density at radius 3 is 2.33 bits per heavy atom. The van der Waals surface area contributed by atoms with Crippen LogP contribution in [0.5, 0.6) is 5.75 Å². The topological polar surface area (TPSA) is 132 Å². The van der Waals surface area contributed by atoms with Crippen molar-refractivity contribution in [3.8, 4) is 5.75 Å². The number of carbonyl (C=O) groups is 3. The monoisotopic (exact) mass is 460 g/mol. The first-order valence-corrected chi connectivity index (χ1v) is 10.1. The lowest BCUT2D eigenvalue weighted by molar-refractivity contribution is -0.155. The molecule has 0 aliphatic carbocycles. The van der Waals surface area contributed by atoms with E-state index >= 15 is 0 Å². The third-order valence-corrected chi connectivity index (χ3v) is 5.08. The van der Waals surface area contributed by atoms with Crippen molar-refractivity contribution < 1.29 is 33.3 Å². The van der Waals surface area contributed by atoms with Crippen molar-refractivity contribution in [1.29, 1.82) is 0 Å². The molecule has 1 aliphatic heterocycles. The Hall–Kier alpha value is -3.73. The molecule has 1 fully saturated rings. The summed E-state index contributed by atoms with van der Waals surface area (Å²) in [6, 6.07) is 5.96. The second-order valence-corrected chi connectivity index (χ2v) is 7.49. The fourth-order valence-corrected chi connectivity index (χ4v) is 3.50. The largest absolute Gasteiger partial charge is 0.497 e. The van der Waals surface area contributed by atoms with Crippen LogP contribution < -0.4 is 16.0 Å². The molecule has 0 spiro atoms. The lowest BCUT2D eigenvalue weighted by atomic mass is 10.2. The van der Waals surface area contributed by atoms with Crippen molar-refractivity contribution in [3.63, 3.8) is 0 Å². The van der Waals surface area contributed by atoms with E-state index in [-0.39, 0.29) is 24.2 Å². The van der Waals surface area contributed by atoms with E-state index < -0.39 is 47.5 Å². The maximum absolute atomic E-state index is 13.2. The number of hydrogen-bond acceptors (Lipinski definition) is 9. The molecule has 3 rings (SSSR count). The van der Waals surface area contributed by atoms with Gasteiger partial charge >= 0.3 is 17.6 Å². The summed E-state index contributed by atoms with van der Waals surface area (Å²) in [4.78, 5) is 61.5. The molecule has 2 heterocycles. The van der Waals surface area contributed by atoms with Crippen LogP contribution in [0, 0.1) is 6.92 Å². The molecule has 0 amide bonds. The van der Waals surface area contributed by atoms with Crippen LogP contribution >= 0.6 is 0 Å². The van der Waals surface area contributed by atoms with Gasteiger partial charge in [-0.05, 0) is 31.2 Å². The predicted molar refractivity (Wildman–Crippen MR) is 113 cm³/mol. The lowest BCUT2D eigenvalue weighted by Crippen LogP contribution is -2.45. The van der Waals surface area contributed by atoms with Crippen LogP contribution in [0.15, 0.2) is 40.1 Å². The average Bonchev–Trinajstić information content (AvgIpc) is 3.16. The van der Waals surface area contributed by atoms with Gasteiger partial charge in [-0.15, -0.1) is 0 Å². The molecule has 3 unspecified atom stereocenters. The number of benzene rings is 1. The highest BCUT2D eigenvalue weighted by Gasteiger charge is 2.40. The molecule has 2 aromatic rings. The van der Waals surface area contributed by atoms with Gasteiger partial charge in [0, 0.05) is 37.6 Å². The number of hydrogen-bond donors (Lipinski definition) is 0. The second-order valence-electron chi connectivity index (χ2n) is 7.49. The first-order chi connectivity index (χ1) is 15.6. The zero-order valence-electron chi connectivity index (χ0n) is 18.6. The summed E-state index contributed by atoms with van der Waals surface area (Å²) in [7, 11) is 1.47. The van der Waals surface area contributed by atoms with Crippen molar-refractivity contribution in [2.24, 2.45) is 0 Å². The molecular weight excluding hydrogens is 436 g/mol. The van der Waals surface area contributed by atoms with Gasteiger partial charge in [0.15, 0.2) is 0 Å². The van der Waals surface area contributed by atoms with Gasteiger partial charge in [-0.25, -0.2) is 4.79 Å². The van der Waals surface area contributed by atoms with Crippen molar-refractivity contribution in [1.82, 2.24) is 9.13 Å². The average molecular weight is 460 g/mol. The van der Waals surface area contributed by atoms with Gasteiger partial charge in [-0.2, -0.15) is 4.57 Å². The molecule has 1 aromatic heterocycles. The van der Waals surface area contributed by atoms with Gasteiger partial charge in [-0.1, -0.05) is 0 Å². The zero-order valence-corrected chi connectivity index (χ0v) is 18.6. The Bertz CT molecular complexity index is 1180. The number of methoxy groups -OCH3 is 1. The number of esters is 2. The highest BCUT2D eigenvalue weighted by Crippen LogP contribution is 2.30. The van der Waals surface area contributed by atoms with Crippen molar-refractivity contribution in [3.05, 3.63) is 62.4 Å². The Morgan fingerprint density at radius 1 is 1.09 bits per heavy atom. The van der Waals surface area contributed by atoms with Crippen LogP contribution in [0.1, 0.15) is 42.4 Å². The predicted octanol–water partition coefficient (Wildman–Crippen LogP) is 0.798. The molecule has 0 radical (unpaired) electrons. The molecule has 1 aromatic carbocycles. The van der Waals surface area contributed by atoms with E-state index in [1.165, 1.54) is 58.3 Å². The van der Waals surface area contributed by atoms with Crippen LogP contribution in [0.2, 0.25) is 0 Å². The summed E-state index contributed by atoms with van der Waals surface area (Å²) in [6.45, 7) is 3.72. The summed E-state index contributed by atoms with van der Waals surface area (Å²) in [5, 5.41) is 0. The summed E-state index contributed by atoms with van der Waals surface area (Å²) in [6.07, 6.45) is -1.24. The Balaban J connectivity index is 1.98. The maximum Gasteiger partial charge on any atom is 0.340 e. The molecule has 3 atom stereocenters. The van der Waals surface area contributed by atoms with Gasteiger partial charge in [0.1, 0.15) is 30.8 Å². The van der Waals surface area contributed by atoms with Gasteiger partial charge in [0.2, 0.25) is 0 Å². The molecule has 1 aliphatic rings. The van der Waals surface area contributed by atoms with Gasteiger partial charge < -0.3 is 18.9 Å². The van der Waals surface area contributed by atoms with Crippen LogP contribution in [0.4, 0.5) is 0 Å². The maximum atomic E-state index is 13.2. The van der Waals surface area contributed by atoms with E-state index in [0.29, 0.717) is 10.3 Å². The molecule has 11 heteroatoms. The SMILES string of the molecule is COc1ccc(C(=O)n2c(=O)c(C)cn(C3CC(OC(C)=O)C(COC(C)=O)O3)c2=O)cc1. The summed E-state index contributed by atoms with van der Waals surface area (Å²) < 4.78 is 22.7. The normalized spacial score (nSPS) is 19.7. The van der Waals surface area contributed by atoms with E-state index in [2.05, 4.69) is 0 Å². The minimum Gasteiger partial charge on any atom is -0.497 e. The number of rotatable bonds is 6. The zero-order chi connectivity index (χ0) is 24.3. The van der Waals surface area contributed by atoms with E-state index in [4.69, 9.17) is 18.9 Å². The molecule has 11 nitrogen and oxygen atoms in total. The number of aromatic nitrogens is 2. The van der Waals surface area contributed by atoms with E-state index in [1.54, 1.807) is 0 Å². The molecule has 1 saturated heterocycles. The lowest BCUT2D eigenvalue weighted by Gasteiger charge is -2.18. The van der Waals surface area contributed by atoms with Crippen LogP contribution in [0.25, 0.3) is 0 Å². The smallest absolute Gasteiger partial charge is 0.340 e. The van der Waals surface area contributed by atoms with Gasteiger partial charge in [-0.3, -0.25) is 23.7 Å². The standard InChI is InChI=1S/C22H24N2O9/c1-12-10-23(19-9-17(32-14(3)26)18(33-19)11-31-13(2)25)22(29)24(20(12)27)21(28)15-5-7-16(30-4)8-6-15/h5-8,10,17-19H,9,11H2,1-4H3. The van der Waals surface area contributed by atoms with E-state index in [1.807, 2.05) is 0 Å². The highest BCUT2D eigenvalue weighted by molar-refractivity contribution is 5.95. The van der Waals surface area contributed by atoms with E-state index in [0.717, 1.165) is 4.57 Å². The number of aryl methyl sites for hydroxylation is 1. The quantitative estimate of drug-likeness (QED) is 0.574. The third-order valence-electron chi connectivity index (χ3n) is 5.08. The van der Waals surface area contributed by atoms with Crippen LogP contribution in [-0.4, -0.2) is 52.9 Å². The summed E-state index contributed by atoms with van der Waals surface area (Å²) >= 11 is 0. The van der Waals surface area contributed by atoms with Crippen molar-refractivity contribution in [2.45, 2.75) is 45.6 Å². The fraction of sp³-hybridized carbons (Fsp3) is 0.409. The highest BCUT2D eigenvalue weighted by atomic mass is 16.6. The van der Waals surface area contributed by atoms with Crippen LogP contribution in [0.3, 0.4) is 0 Å². The second kappa shape index (κ2) is 9.82. The number of ether oxygens (including phenoxy) is 4. The number of carbonyl (C=O) groups excluding carboxylic acids is 3. The van der Waals surface area contributed by atoms with Crippen LogP contribution in [-0.2, 0) is 23.8 Å². The Kier molecular flexibility index (Phi) is 7.12. The first kappa shape index (κ1) is 23.9. The molecule has 176 valence electrons. The minimum atomic E-state index is -0.961. The molecule has 0 saturated carbocycles. The third kappa shape index (κ3) is 5.20. The van der Waals surface area contributed by atoms with Crippen molar-refractivity contribution >= 4 is 17.8 Å². The van der Waals surface area contributed by atoms with Gasteiger partial charge in [0.25, 0.3) is 11.5 Å². The molecular formula is C22H24N2O9. The Labute approximate surface area is 188 Å². The molecule has 0 N–H and O–H groups in total. The molecule has 0 bridgehead atoms. The Morgan fingerprint density at radius 2 is 1.76 bits per heavy atom. The van der Waals surface area contributed by atoms with E-state index in [9.17, 15) is 24.0 Å². The number of nitrogens with zero attached hydrogens (tertiary/aromatic N) is 2. The summed E-state index contributed by atoms with van der Waals surface area (Å²) in [5.74, 6) is -1.41. The van der Waals surface area contributed by atoms with Crippen molar-refractivity contribution in [2.75, 3.05) is 13.7 Å².